The molecule has 2 aromatic rings. The molecule has 0 radical (unpaired) electrons. The number of aliphatic imine (C=N–C) groups is 1. The maximum Gasteiger partial charge on any atom is 0.242 e. The molecule has 2 aliphatic rings. The summed E-state index contributed by atoms with van der Waals surface area (Å²) < 4.78 is 0. The maximum absolute atomic E-state index is 13.1. The van der Waals surface area contributed by atoms with Gasteiger partial charge in [-0.05, 0) is 62.8 Å². The number of anilines is 1. The number of hydrogen-bond donors (Lipinski definition) is 1. The number of carbonyl (C=O) groups is 2. The topological polar surface area (TPSA) is 61.8 Å². The van der Waals surface area contributed by atoms with Crippen molar-refractivity contribution >= 4 is 40.1 Å². The minimum atomic E-state index is -0.432. The number of thioether (sulfide) groups is 1. The van der Waals surface area contributed by atoms with Gasteiger partial charge in [0.25, 0.3) is 0 Å². The number of hydrogen-bond acceptors (Lipinski definition) is 4. The summed E-state index contributed by atoms with van der Waals surface area (Å²) >= 11 is 1.42. The summed E-state index contributed by atoms with van der Waals surface area (Å²) in [5, 5.41) is 3.30. The molecular formula is C24H27N3O2S. The van der Waals surface area contributed by atoms with E-state index in [1.54, 1.807) is 0 Å². The van der Waals surface area contributed by atoms with Gasteiger partial charge in [0.2, 0.25) is 11.8 Å². The van der Waals surface area contributed by atoms with Crippen LogP contribution >= 0.6 is 11.8 Å². The van der Waals surface area contributed by atoms with Crippen molar-refractivity contribution in [1.29, 1.82) is 0 Å². The van der Waals surface area contributed by atoms with Gasteiger partial charge in [-0.3, -0.25) is 14.5 Å². The van der Waals surface area contributed by atoms with E-state index in [9.17, 15) is 9.59 Å². The molecule has 156 valence electrons. The molecular weight excluding hydrogens is 394 g/mol. The van der Waals surface area contributed by atoms with Crippen LogP contribution in [0.4, 0.5) is 11.4 Å². The molecule has 0 bridgehead atoms. The summed E-state index contributed by atoms with van der Waals surface area (Å²) in [6, 6.07) is 12.2. The number of amidine groups is 1. The Bertz CT molecular complexity index is 1000. The summed E-state index contributed by atoms with van der Waals surface area (Å²) in [5.41, 5.74) is 5.96. The van der Waals surface area contributed by atoms with Crippen LogP contribution in [0.2, 0.25) is 0 Å². The predicted molar refractivity (Wildman–Crippen MR) is 123 cm³/mol. The molecule has 1 heterocycles. The Balaban J connectivity index is 1.54. The highest BCUT2D eigenvalue weighted by molar-refractivity contribution is 8.15. The van der Waals surface area contributed by atoms with Gasteiger partial charge in [-0.15, -0.1) is 0 Å². The van der Waals surface area contributed by atoms with Crippen LogP contribution in [-0.2, 0) is 9.59 Å². The van der Waals surface area contributed by atoms with Gasteiger partial charge in [0, 0.05) is 18.2 Å². The van der Waals surface area contributed by atoms with E-state index in [0.29, 0.717) is 0 Å². The van der Waals surface area contributed by atoms with Gasteiger partial charge in [-0.25, -0.2) is 4.99 Å². The van der Waals surface area contributed by atoms with E-state index in [4.69, 9.17) is 4.99 Å². The summed E-state index contributed by atoms with van der Waals surface area (Å²) in [6.45, 7) is 8.01. The Kier molecular flexibility index (Phi) is 5.69. The monoisotopic (exact) mass is 421 g/mol. The number of nitrogens with zero attached hydrogens (tertiary/aromatic N) is 2. The maximum atomic E-state index is 13.1. The van der Waals surface area contributed by atoms with Gasteiger partial charge in [0.1, 0.15) is 5.25 Å². The fourth-order valence-corrected chi connectivity index (χ4v) is 5.01. The third kappa shape index (κ3) is 4.15. The molecule has 30 heavy (non-hydrogen) atoms. The second-order valence-corrected chi connectivity index (χ2v) is 9.37. The molecule has 1 aliphatic carbocycles. The molecule has 0 aromatic heterocycles. The lowest BCUT2D eigenvalue weighted by atomic mass is 10.1. The molecule has 5 nitrogen and oxygen atoms in total. The van der Waals surface area contributed by atoms with Crippen LogP contribution in [0.25, 0.3) is 0 Å². The first-order valence-corrected chi connectivity index (χ1v) is 11.2. The van der Waals surface area contributed by atoms with Gasteiger partial charge in [-0.1, -0.05) is 48.2 Å². The summed E-state index contributed by atoms with van der Waals surface area (Å²) in [7, 11) is 0. The number of aryl methyl sites for hydroxylation is 4. The Morgan fingerprint density at radius 1 is 1.03 bits per heavy atom. The van der Waals surface area contributed by atoms with Gasteiger partial charge in [0.15, 0.2) is 5.17 Å². The van der Waals surface area contributed by atoms with Crippen LogP contribution in [0, 0.1) is 27.7 Å². The molecule has 1 unspecified atom stereocenters. The average Bonchev–Trinajstić information content (AvgIpc) is 3.47. The highest BCUT2D eigenvalue weighted by atomic mass is 32.2. The van der Waals surface area contributed by atoms with Crippen LogP contribution in [-0.4, -0.2) is 33.2 Å². The van der Waals surface area contributed by atoms with E-state index in [1.807, 2.05) is 69.0 Å². The Morgan fingerprint density at radius 2 is 1.60 bits per heavy atom. The number of benzene rings is 2. The van der Waals surface area contributed by atoms with Crippen LogP contribution in [0.5, 0.6) is 0 Å². The SMILES string of the molecule is Cc1cccc(C)c1N=C1SC(CC(=O)Nc2c(C)cccc2C)C(=O)N1C1CC1. The molecule has 1 N–H and O–H groups in total. The first-order valence-electron chi connectivity index (χ1n) is 10.4. The minimum Gasteiger partial charge on any atom is -0.326 e. The van der Waals surface area contributed by atoms with Gasteiger partial charge in [0.05, 0.1) is 5.69 Å². The second-order valence-electron chi connectivity index (χ2n) is 8.20. The molecule has 2 amide bonds. The number of carbonyl (C=O) groups excluding carboxylic acids is 2. The van der Waals surface area contributed by atoms with Crippen LogP contribution < -0.4 is 5.32 Å². The first-order chi connectivity index (χ1) is 14.3. The normalized spacial score (nSPS) is 20.1. The summed E-state index contributed by atoms with van der Waals surface area (Å²) in [4.78, 5) is 32.6. The zero-order chi connectivity index (χ0) is 21.4. The number of rotatable bonds is 5. The average molecular weight is 422 g/mol. The van der Waals surface area contributed by atoms with E-state index in [1.165, 1.54) is 11.8 Å². The van der Waals surface area contributed by atoms with Crippen LogP contribution in [0.1, 0.15) is 41.5 Å². The molecule has 1 aliphatic heterocycles. The van der Waals surface area contributed by atoms with E-state index >= 15 is 0 Å². The fraction of sp³-hybridized carbons (Fsp3) is 0.375. The molecule has 6 heteroatoms. The lowest BCUT2D eigenvalue weighted by Gasteiger charge is -2.16. The highest BCUT2D eigenvalue weighted by Gasteiger charge is 2.46. The molecule has 2 aromatic carbocycles. The van der Waals surface area contributed by atoms with Crippen LogP contribution in [0.15, 0.2) is 41.4 Å². The Hall–Kier alpha value is -2.60. The summed E-state index contributed by atoms with van der Waals surface area (Å²) in [6.07, 6.45) is 2.14. The highest BCUT2D eigenvalue weighted by Crippen LogP contribution is 2.40. The van der Waals surface area contributed by atoms with Crippen molar-refractivity contribution in [3.8, 4) is 0 Å². The largest absolute Gasteiger partial charge is 0.326 e. The Morgan fingerprint density at radius 3 is 2.17 bits per heavy atom. The standard InChI is InChI=1S/C24H27N3O2S/c1-14-7-5-8-15(2)21(14)25-20(28)13-19-23(29)27(18-11-12-18)24(30-19)26-22-16(3)9-6-10-17(22)4/h5-10,18-19H,11-13H2,1-4H3,(H,25,28). The van der Waals surface area contributed by atoms with E-state index < -0.39 is 5.25 Å². The van der Waals surface area contributed by atoms with E-state index in [0.717, 1.165) is 51.6 Å². The number of nitrogens with one attached hydrogen (secondary N) is 1. The zero-order valence-corrected chi connectivity index (χ0v) is 18.7. The lowest BCUT2D eigenvalue weighted by Crippen LogP contribution is -2.35. The van der Waals surface area contributed by atoms with Gasteiger partial charge < -0.3 is 5.32 Å². The molecule has 2 fully saturated rings. The van der Waals surface area contributed by atoms with Crippen molar-refractivity contribution < 1.29 is 9.59 Å². The number of amides is 2. The van der Waals surface area contributed by atoms with Crippen LogP contribution in [0.3, 0.4) is 0 Å². The third-order valence-corrected chi connectivity index (χ3v) is 6.79. The van der Waals surface area contributed by atoms with Gasteiger partial charge >= 0.3 is 0 Å². The van der Waals surface area contributed by atoms with Gasteiger partial charge in [-0.2, -0.15) is 0 Å². The van der Waals surface area contributed by atoms with Crippen molar-refractivity contribution in [2.45, 2.75) is 58.2 Å². The van der Waals surface area contributed by atoms with Crippen molar-refractivity contribution in [2.24, 2.45) is 4.99 Å². The zero-order valence-electron chi connectivity index (χ0n) is 17.9. The quantitative estimate of drug-likeness (QED) is 0.735. The molecule has 4 rings (SSSR count). The third-order valence-electron chi connectivity index (χ3n) is 5.64. The number of para-hydroxylation sites is 2. The van der Waals surface area contributed by atoms with Crippen molar-refractivity contribution in [1.82, 2.24) is 4.90 Å². The minimum absolute atomic E-state index is 0.00384. The predicted octanol–water partition coefficient (Wildman–Crippen LogP) is 5.04. The molecule has 0 spiro atoms. The molecule has 1 saturated heterocycles. The van der Waals surface area contributed by atoms with E-state index in [2.05, 4.69) is 5.32 Å². The smallest absolute Gasteiger partial charge is 0.242 e. The van der Waals surface area contributed by atoms with E-state index in [-0.39, 0.29) is 24.3 Å². The van der Waals surface area contributed by atoms with Crippen molar-refractivity contribution in [3.05, 3.63) is 58.7 Å². The lowest BCUT2D eigenvalue weighted by molar-refractivity contribution is -0.128. The molecule has 1 atom stereocenters. The molecule has 1 saturated carbocycles. The second kappa shape index (κ2) is 8.26. The fourth-order valence-electron chi connectivity index (χ4n) is 3.81. The summed E-state index contributed by atoms with van der Waals surface area (Å²) in [5.74, 6) is -0.133. The van der Waals surface area contributed by atoms with Crippen molar-refractivity contribution in [3.63, 3.8) is 0 Å². The van der Waals surface area contributed by atoms with Crippen molar-refractivity contribution in [2.75, 3.05) is 5.32 Å². The Labute approximate surface area is 182 Å². The first kappa shape index (κ1) is 20.7.